The van der Waals surface area contributed by atoms with Crippen LogP contribution in [-0.2, 0) is 7.05 Å². The Morgan fingerprint density at radius 3 is 2.85 bits per heavy atom. The summed E-state index contributed by atoms with van der Waals surface area (Å²) in [7, 11) is 1.56. The van der Waals surface area contributed by atoms with Gasteiger partial charge in [-0.1, -0.05) is 11.6 Å². The van der Waals surface area contributed by atoms with E-state index in [0.717, 1.165) is 11.8 Å². The van der Waals surface area contributed by atoms with Crippen LogP contribution in [0.1, 0.15) is 5.56 Å². The lowest BCUT2D eigenvalue weighted by molar-refractivity contribution is 0.596. The van der Waals surface area contributed by atoms with Crippen LogP contribution in [0.3, 0.4) is 0 Å². The monoisotopic (exact) mass is 311 g/mol. The van der Waals surface area contributed by atoms with E-state index in [1.165, 1.54) is 4.68 Å². The normalized spacial score (nSPS) is 10.5. The molecule has 0 spiro atoms. The molecule has 2 aromatic rings. The van der Waals surface area contributed by atoms with Gasteiger partial charge < -0.3 is 5.73 Å². The van der Waals surface area contributed by atoms with Crippen LogP contribution in [0, 0.1) is 5.41 Å². The van der Waals surface area contributed by atoms with Gasteiger partial charge in [0, 0.05) is 22.5 Å². The fourth-order valence-corrected chi connectivity index (χ4v) is 2.55. The zero-order valence-electron chi connectivity index (χ0n) is 10.3. The second-order valence-electron chi connectivity index (χ2n) is 3.86. The first kappa shape index (κ1) is 14.4. The lowest BCUT2D eigenvalue weighted by atomic mass is 10.2. The number of aromatic nitrogens is 3. The van der Waals surface area contributed by atoms with Crippen LogP contribution in [0.5, 0.6) is 0 Å². The summed E-state index contributed by atoms with van der Waals surface area (Å²) in [5.74, 6) is -0.149. The summed E-state index contributed by atoms with van der Waals surface area (Å²) in [5.41, 5.74) is 4.26. The number of nitrogen functional groups attached to an aromatic ring is 1. The van der Waals surface area contributed by atoms with Gasteiger partial charge in [-0.3, -0.25) is 24.8 Å². The minimum absolute atomic E-state index is 0.149. The lowest BCUT2D eigenvalue weighted by Crippen LogP contribution is -2.33. The van der Waals surface area contributed by atoms with Gasteiger partial charge in [0.15, 0.2) is 5.16 Å². The van der Waals surface area contributed by atoms with E-state index in [2.05, 4.69) is 10.1 Å². The lowest BCUT2D eigenvalue weighted by Gasteiger charge is -2.09. The topological polar surface area (TPSA) is 118 Å². The number of aryl methyl sites for hydroxylation is 1. The highest BCUT2D eigenvalue weighted by molar-refractivity contribution is 7.99. The summed E-state index contributed by atoms with van der Waals surface area (Å²) in [6.45, 7) is 0. The first-order valence-corrected chi connectivity index (χ1v) is 6.57. The Morgan fingerprint density at radius 1 is 1.50 bits per heavy atom. The molecule has 0 saturated heterocycles. The molecule has 104 valence electrons. The molecule has 9 heteroatoms. The molecule has 2 rings (SSSR count). The first-order valence-electron chi connectivity index (χ1n) is 5.37. The Kier molecular flexibility index (Phi) is 3.96. The van der Waals surface area contributed by atoms with Gasteiger partial charge in [-0.2, -0.15) is 4.98 Å². The molecule has 0 saturated carbocycles. The van der Waals surface area contributed by atoms with Gasteiger partial charge >= 0.3 is 11.1 Å². The molecule has 1 aromatic heterocycles. The van der Waals surface area contributed by atoms with Crippen molar-refractivity contribution in [3.05, 3.63) is 49.5 Å². The van der Waals surface area contributed by atoms with Crippen LogP contribution in [0.4, 0.5) is 0 Å². The smallest absolute Gasteiger partial charge is 0.339 e. The van der Waals surface area contributed by atoms with E-state index in [1.54, 1.807) is 25.2 Å². The highest BCUT2D eigenvalue weighted by atomic mass is 35.5. The van der Waals surface area contributed by atoms with Crippen LogP contribution < -0.4 is 16.9 Å². The number of rotatable bonds is 3. The van der Waals surface area contributed by atoms with Crippen molar-refractivity contribution in [1.29, 1.82) is 5.41 Å². The second-order valence-corrected chi connectivity index (χ2v) is 5.30. The summed E-state index contributed by atoms with van der Waals surface area (Å²) in [5, 5.41) is 10.6. The van der Waals surface area contributed by atoms with Crippen molar-refractivity contribution in [3.8, 4) is 0 Å². The third-order valence-electron chi connectivity index (χ3n) is 2.38. The summed E-state index contributed by atoms with van der Waals surface area (Å²) in [6, 6.07) is 4.86. The molecule has 4 N–H and O–H groups in total. The third-order valence-corrected chi connectivity index (χ3v) is 3.74. The number of nitrogens with zero attached hydrogens (tertiary/aromatic N) is 2. The first-order chi connectivity index (χ1) is 9.38. The Hall–Kier alpha value is -2.06. The number of amidine groups is 1. The fourth-order valence-electron chi connectivity index (χ4n) is 1.45. The molecular formula is C11H10ClN5O2S. The Bertz CT molecular complexity index is 798. The van der Waals surface area contributed by atoms with Crippen molar-refractivity contribution >= 4 is 29.2 Å². The van der Waals surface area contributed by atoms with E-state index < -0.39 is 11.1 Å². The van der Waals surface area contributed by atoms with E-state index in [-0.39, 0.29) is 11.0 Å². The molecule has 1 heterocycles. The van der Waals surface area contributed by atoms with Crippen LogP contribution in [0.2, 0.25) is 5.02 Å². The van der Waals surface area contributed by atoms with Crippen molar-refractivity contribution in [2.24, 2.45) is 12.8 Å². The molecule has 0 aliphatic carbocycles. The van der Waals surface area contributed by atoms with Crippen LogP contribution in [-0.4, -0.2) is 20.6 Å². The Morgan fingerprint density at radius 2 is 2.20 bits per heavy atom. The SMILES string of the molecule is Cn1[nH]c(=O)c(=O)nc1Sc1ccc(Cl)cc1C(=N)N. The summed E-state index contributed by atoms with van der Waals surface area (Å²) in [4.78, 5) is 26.7. The summed E-state index contributed by atoms with van der Waals surface area (Å²) < 4.78 is 1.33. The van der Waals surface area contributed by atoms with E-state index in [1.807, 2.05) is 0 Å². The minimum Gasteiger partial charge on any atom is -0.384 e. The van der Waals surface area contributed by atoms with Gasteiger partial charge in [0.2, 0.25) is 0 Å². The maximum absolute atomic E-state index is 11.3. The predicted molar refractivity (Wildman–Crippen MR) is 76.7 cm³/mol. The zero-order chi connectivity index (χ0) is 14.9. The maximum atomic E-state index is 11.3. The van der Waals surface area contributed by atoms with Crippen LogP contribution >= 0.6 is 23.4 Å². The minimum atomic E-state index is -0.871. The second kappa shape index (κ2) is 5.51. The number of hydrogen-bond donors (Lipinski definition) is 3. The van der Waals surface area contributed by atoms with E-state index in [4.69, 9.17) is 22.7 Å². The van der Waals surface area contributed by atoms with Crippen LogP contribution in [0.15, 0.2) is 37.8 Å². The third kappa shape index (κ3) is 2.91. The number of nitrogens with two attached hydrogens (primary N) is 1. The predicted octanol–water partition coefficient (Wildman–Crippen LogP) is 0.557. The number of H-pyrrole nitrogens is 1. The molecule has 20 heavy (non-hydrogen) atoms. The van der Waals surface area contributed by atoms with Crippen molar-refractivity contribution in [1.82, 2.24) is 14.8 Å². The average Bonchev–Trinajstić information content (AvgIpc) is 2.37. The molecule has 0 radical (unpaired) electrons. The molecule has 0 atom stereocenters. The fraction of sp³-hybridized carbons (Fsp3) is 0.0909. The summed E-state index contributed by atoms with van der Waals surface area (Å²) in [6.07, 6.45) is 0. The molecular weight excluding hydrogens is 302 g/mol. The van der Waals surface area contributed by atoms with Crippen LogP contribution in [0.25, 0.3) is 0 Å². The van der Waals surface area contributed by atoms with Gasteiger partial charge in [-0.15, -0.1) is 0 Å². The van der Waals surface area contributed by atoms with Gasteiger partial charge in [0.25, 0.3) is 0 Å². The molecule has 0 bridgehead atoms. The van der Waals surface area contributed by atoms with Crippen molar-refractivity contribution in [2.75, 3.05) is 0 Å². The molecule has 0 aliphatic heterocycles. The maximum Gasteiger partial charge on any atom is 0.339 e. The van der Waals surface area contributed by atoms with Gasteiger partial charge in [-0.05, 0) is 30.0 Å². The number of halogens is 1. The standard InChI is InChI=1S/C11H10ClN5O2S/c1-17-11(15-9(18)10(19)16-17)20-7-3-2-5(12)4-6(7)8(13)14/h2-4H,1H3,(H3,13,14)(H,16,19). The van der Waals surface area contributed by atoms with Gasteiger partial charge in [-0.25, -0.2) is 0 Å². The van der Waals surface area contributed by atoms with E-state index in [9.17, 15) is 9.59 Å². The molecule has 0 unspecified atom stereocenters. The average molecular weight is 312 g/mol. The molecule has 1 aromatic carbocycles. The quantitative estimate of drug-likeness (QED) is 0.435. The Balaban J connectivity index is 2.50. The Labute approximate surface area is 122 Å². The largest absolute Gasteiger partial charge is 0.384 e. The highest BCUT2D eigenvalue weighted by Gasteiger charge is 2.11. The number of nitrogens with one attached hydrogen (secondary N) is 2. The van der Waals surface area contributed by atoms with Crippen molar-refractivity contribution < 1.29 is 0 Å². The summed E-state index contributed by atoms with van der Waals surface area (Å²) >= 11 is 6.96. The number of hydrogen-bond acceptors (Lipinski definition) is 5. The molecule has 0 fully saturated rings. The zero-order valence-corrected chi connectivity index (χ0v) is 11.9. The number of benzene rings is 1. The molecule has 0 aliphatic rings. The van der Waals surface area contributed by atoms with Gasteiger partial charge in [0.05, 0.1) is 0 Å². The van der Waals surface area contributed by atoms with Crippen molar-refractivity contribution in [2.45, 2.75) is 10.1 Å². The molecule has 0 amide bonds. The van der Waals surface area contributed by atoms with Crippen molar-refractivity contribution in [3.63, 3.8) is 0 Å². The number of aromatic amines is 1. The van der Waals surface area contributed by atoms with Gasteiger partial charge in [0.1, 0.15) is 5.84 Å². The highest BCUT2D eigenvalue weighted by Crippen LogP contribution is 2.29. The molecule has 7 nitrogen and oxygen atoms in total. The van der Waals surface area contributed by atoms with E-state index >= 15 is 0 Å². The van der Waals surface area contributed by atoms with E-state index in [0.29, 0.717) is 15.5 Å².